The predicted molar refractivity (Wildman–Crippen MR) is 283 cm³/mol. The molecular formula is C45H13B14N3OS. The van der Waals surface area contributed by atoms with Gasteiger partial charge >= 0.3 is 0 Å². The summed E-state index contributed by atoms with van der Waals surface area (Å²) in [5, 5.41) is 1.39. The first-order valence-electron chi connectivity index (χ1n) is 19.5. The first-order valence-corrected chi connectivity index (χ1v) is 20.3. The van der Waals surface area contributed by atoms with Crippen LogP contribution in [0.25, 0.3) is 98.5 Å². The second kappa shape index (κ2) is 15.6. The molecule has 0 aliphatic heterocycles. The topological polar surface area (TPSA) is 51.8 Å². The number of hydrogen-bond donors (Lipinski definition) is 0. The number of thiophene rings is 1. The summed E-state index contributed by atoms with van der Waals surface area (Å²) in [6.07, 6.45) is 0. The van der Waals surface area contributed by atoms with Crippen molar-refractivity contribution in [2.75, 3.05) is 0 Å². The van der Waals surface area contributed by atoms with Crippen molar-refractivity contribution in [1.82, 2.24) is 15.0 Å². The molecule has 7 aromatic carbocycles. The molecule has 0 unspecified atom stereocenters. The van der Waals surface area contributed by atoms with Crippen molar-refractivity contribution in [2.24, 2.45) is 0 Å². The van der Waals surface area contributed by atoms with E-state index in [0.717, 1.165) is 22.3 Å². The molecule has 0 bridgehead atoms. The van der Waals surface area contributed by atoms with Gasteiger partial charge in [0.15, 0.2) is 17.5 Å². The normalized spacial score (nSPS) is 11.7. The van der Waals surface area contributed by atoms with Gasteiger partial charge in [-0.1, -0.05) is 128 Å². The number of furan rings is 1. The quantitative estimate of drug-likeness (QED) is 0.166. The summed E-state index contributed by atoms with van der Waals surface area (Å²) < 4.78 is 7.17. The fourth-order valence-corrected chi connectivity index (χ4v) is 9.75. The summed E-state index contributed by atoms with van der Waals surface area (Å²) in [7, 11) is 92.9. The highest BCUT2D eigenvalue weighted by atomic mass is 32.1. The van der Waals surface area contributed by atoms with Gasteiger partial charge in [0.1, 0.15) is 121 Å². The van der Waals surface area contributed by atoms with E-state index in [4.69, 9.17) is 129 Å². The van der Waals surface area contributed by atoms with Crippen LogP contribution in [0.1, 0.15) is 0 Å². The third-order valence-electron chi connectivity index (χ3n) is 11.8. The summed E-state index contributed by atoms with van der Waals surface area (Å²) in [5.41, 5.74) is 5.83. The van der Waals surface area contributed by atoms with Crippen LogP contribution < -0.4 is 76.5 Å². The van der Waals surface area contributed by atoms with Crippen LogP contribution in [-0.2, 0) is 0 Å². The zero-order valence-corrected chi connectivity index (χ0v) is 34.6. The van der Waals surface area contributed by atoms with Crippen molar-refractivity contribution in [3.05, 3.63) is 78.9 Å². The first kappa shape index (κ1) is 42.4. The molecule has 19 heteroatoms. The molecular weight excluding hydrogens is 782 g/mol. The highest BCUT2D eigenvalue weighted by Crippen LogP contribution is 2.40. The molecule has 4 nitrogen and oxygen atoms in total. The maximum Gasteiger partial charge on any atom is 0.164 e. The first-order chi connectivity index (χ1) is 30.6. The molecule has 10 rings (SSSR count). The van der Waals surface area contributed by atoms with Gasteiger partial charge in [0.2, 0.25) is 0 Å². The average Bonchev–Trinajstić information content (AvgIpc) is 3.92. The number of rotatable bonds is 5. The molecule has 0 aliphatic rings. The Labute approximate surface area is 392 Å². The zero-order chi connectivity index (χ0) is 45.2. The van der Waals surface area contributed by atoms with Crippen LogP contribution in [0.4, 0.5) is 0 Å². The summed E-state index contributed by atoms with van der Waals surface area (Å²) in [6.45, 7) is 0. The van der Waals surface area contributed by atoms with E-state index in [2.05, 4.69) is 0 Å². The Morgan fingerprint density at radius 2 is 0.719 bits per heavy atom. The fraction of sp³-hybridized carbons (Fsp3) is 0. The van der Waals surface area contributed by atoms with E-state index in [9.17, 15) is 0 Å². The molecule has 0 saturated carbocycles. The highest BCUT2D eigenvalue weighted by molar-refractivity contribution is 7.28. The van der Waals surface area contributed by atoms with Gasteiger partial charge in [0.05, 0.1) is 0 Å². The van der Waals surface area contributed by atoms with Crippen molar-refractivity contribution in [1.29, 1.82) is 0 Å². The largest absolute Gasteiger partial charge is 0.457 e. The third-order valence-corrected chi connectivity index (χ3v) is 13.1. The standard InChI is InChI=1S/C45H13B14N3OS/c46-25-20-21-26(47)30(51)33(54)36(57)40(21)63-39(20)35(56)29(50)24(25)45-61-43(18-13-7-6-12-17(18)16-11-5-4-10-15(16)14-8-2-1-3-9-14)60-44(62-45)23-19-22-27(48)31(52)34(55)38(59)42(22)64-41(19)37(58)32(53)28(23)49/h1-13H. The van der Waals surface area contributed by atoms with Crippen LogP contribution in [0.2, 0.25) is 0 Å². The Hall–Kier alpha value is -5.52. The Balaban J connectivity index is 1.36. The van der Waals surface area contributed by atoms with Gasteiger partial charge in [0, 0.05) is 42.2 Å². The van der Waals surface area contributed by atoms with Crippen LogP contribution >= 0.6 is 11.3 Å². The molecule has 0 amide bonds. The van der Waals surface area contributed by atoms with E-state index in [1.54, 1.807) is 0 Å². The smallest absolute Gasteiger partial charge is 0.164 e. The van der Waals surface area contributed by atoms with Crippen LogP contribution in [0.15, 0.2) is 83.3 Å². The lowest BCUT2D eigenvalue weighted by atomic mass is 9.64. The second-order valence-electron chi connectivity index (χ2n) is 15.3. The zero-order valence-electron chi connectivity index (χ0n) is 33.7. The average molecular weight is 795 g/mol. The summed E-state index contributed by atoms with van der Waals surface area (Å²) >= 11 is 1.22. The fourth-order valence-electron chi connectivity index (χ4n) is 8.48. The highest BCUT2D eigenvalue weighted by Gasteiger charge is 2.27. The van der Waals surface area contributed by atoms with Crippen LogP contribution in [0.3, 0.4) is 0 Å². The van der Waals surface area contributed by atoms with Crippen molar-refractivity contribution in [3.63, 3.8) is 0 Å². The Kier molecular flexibility index (Phi) is 10.3. The van der Waals surface area contributed by atoms with Crippen LogP contribution in [0, 0.1) is 0 Å². The van der Waals surface area contributed by atoms with Crippen LogP contribution in [0.5, 0.6) is 0 Å². The van der Waals surface area contributed by atoms with Crippen LogP contribution in [-0.4, -0.2) is 125 Å². The van der Waals surface area contributed by atoms with Gasteiger partial charge in [-0.25, -0.2) is 15.0 Å². The Morgan fingerprint density at radius 1 is 0.312 bits per heavy atom. The summed E-state index contributed by atoms with van der Waals surface area (Å²) in [4.78, 5) is 15.3. The van der Waals surface area contributed by atoms with Crippen molar-refractivity contribution < 1.29 is 4.42 Å². The number of nitrogens with zero attached hydrogens (tertiary/aromatic N) is 3. The van der Waals surface area contributed by atoms with Crippen molar-refractivity contribution in [3.8, 4) is 56.4 Å². The molecule has 0 atom stereocenters. The SMILES string of the molecule is [B]c1c([B])c([B])c2c(oc3c([B])c([B])c(-c4nc(-c5ccccc5-c5ccccc5-c5ccccc5)nc(-c5c([B])c([B])c([B])c6sc7c([B])c([B])c([B])c([B])c7c56)n4)c([B])c32)c1[B]. The van der Waals surface area contributed by atoms with Gasteiger partial charge in [0.25, 0.3) is 0 Å². The van der Waals surface area contributed by atoms with Crippen molar-refractivity contribution >= 4 is 240 Å². The maximum absolute atomic E-state index is 7.13. The van der Waals surface area contributed by atoms with Gasteiger partial charge in [-0.3, -0.25) is 0 Å². The molecule has 3 heterocycles. The molecule has 0 spiro atoms. The molecule has 10 aromatic rings. The van der Waals surface area contributed by atoms with Gasteiger partial charge in [-0.15, -0.1) is 38.7 Å². The van der Waals surface area contributed by atoms with E-state index in [0.29, 0.717) is 25.7 Å². The van der Waals surface area contributed by atoms with Gasteiger partial charge < -0.3 is 4.42 Å². The molecule has 3 aromatic heterocycles. The Morgan fingerprint density at radius 3 is 1.34 bits per heavy atom. The summed E-state index contributed by atoms with van der Waals surface area (Å²) in [6, 6.07) is 25.7. The molecule has 262 valence electrons. The lowest BCUT2D eigenvalue weighted by molar-refractivity contribution is 0.675. The minimum Gasteiger partial charge on any atom is -0.457 e. The molecule has 64 heavy (non-hydrogen) atoms. The number of benzene rings is 7. The molecule has 28 radical (unpaired) electrons. The lowest BCUT2D eigenvalue weighted by Crippen LogP contribution is -2.47. The van der Waals surface area contributed by atoms with E-state index in [1.807, 2.05) is 78.9 Å². The van der Waals surface area contributed by atoms with Crippen molar-refractivity contribution in [2.45, 2.75) is 0 Å². The lowest BCUT2D eigenvalue weighted by Gasteiger charge is -2.20. The third kappa shape index (κ3) is 6.12. The van der Waals surface area contributed by atoms with E-state index in [-0.39, 0.29) is 127 Å². The predicted octanol–water partition coefficient (Wildman–Crippen LogP) is -4.41. The second-order valence-corrected chi connectivity index (χ2v) is 16.3. The number of hydrogen-bond acceptors (Lipinski definition) is 5. The van der Waals surface area contributed by atoms with E-state index < -0.39 is 0 Å². The van der Waals surface area contributed by atoms with Gasteiger partial charge in [-0.2, -0.15) is 0 Å². The van der Waals surface area contributed by atoms with E-state index >= 15 is 0 Å². The maximum atomic E-state index is 7.13. The monoisotopic (exact) mass is 797 g/mol. The molecule has 0 fully saturated rings. The molecule has 0 N–H and O–H groups in total. The minimum absolute atomic E-state index is 0.00850. The molecule has 0 saturated heterocycles. The van der Waals surface area contributed by atoms with Gasteiger partial charge in [-0.05, 0) is 27.6 Å². The summed E-state index contributed by atoms with van der Waals surface area (Å²) in [5.74, 6) is 0.203. The van der Waals surface area contributed by atoms with E-state index in [1.165, 1.54) is 11.3 Å². The number of fused-ring (bicyclic) bond motifs is 6. The minimum atomic E-state index is -0.0239. The number of aromatic nitrogens is 3. The Bertz CT molecular complexity index is 3690. The molecule has 0 aliphatic carbocycles.